The lowest BCUT2D eigenvalue weighted by Gasteiger charge is -2.15. The lowest BCUT2D eigenvalue weighted by atomic mass is 10.1. The molecule has 1 saturated heterocycles. The van der Waals surface area contributed by atoms with E-state index in [1.807, 2.05) is 0 Å². The third kappa shape index (κ3) is 2.70. The van der Waals surface area contributed by atoms with Crippen molar-refractivity contribution in [3.05, 3.63) is 0 Å². The van der Waals surface area contributed by atoms with E-state index in [0.717, 1.165) is 25.0 Å². The maximum absolute atomic E-state index is 11.8. The lowest BCUT2D eigenvalue weighted by molar-refractivity contribution is -0.141. The summed E-state index contributed by atoms with van der Waals surface area (Å²) >= 11 is 1.71. The summed E-state index contributed by atoms with van der Waals surface area (Å²) in [6.45, 7) is 0. The molecule has 1 heterocycles. The van der Waals surface area contributed by atoms with Gasteiger partial charge in [-0.2, -0.15) is 0 Å². The molecule has 3 atom stereocenters. The minimum absolute atomic E-state index is 0.0785. The van der Waals surface area contributed by atoms with Gasteiger partial charge in [0.1, 0.15) is 0 Å². The summed E-state index contributed by atoms with van der Waals surface area (Å²) in [5.41, 5.74) is 0. The van der Waals surface area contributed by atoms with Crippen LogP contribution in [0, 0.1) is 5.92 Å². The maximum atomic E-state index is 11.8. The Morgan fingerprint density at radius 2 is 2.06 bits per heavy atom. The highest BCUT2D eigenvalue weighted by molar-refractivity contribution is 8.00. The van der Waals surface area contributed by atoms with Crippen molar-refractivity contribution in [1.82, 2.24) is 5.32 Å². The van der Waals surface area contributed by atoms with Crippen LogP contribution in [0.5, 0.6) is 0 Å². The SMILES string of the molecule is O=C(O)C1CCC(NC(=O)C2CCCS2)C1. The van der Waals surface area contributed by atoms with E-state index >= 15 is 0 Å². The van der Waals surface area contributed by atoms with Gasteiger partial charge in [-0.3, -0.25) is 9.59 Å². The molecular formula is C11H17NO3S. The average molecular weight is 243 g/mol. The van der Waals surface area contributed by atoms with Crippen molar-refractivity contribution in [3.63, 3.8) is 0 Å². The van der Waals surface area contributed by atoms with Crippen molar-refractivity contribution in [3.8, 4) is 0 Å². The van der Waals surface area contributed by atoms with Crippen LogP contribution < -0.4 is 5.32 Å². The third-order valence-electron chi connectivity index (χ3n) is 3.35. The van der Waals surface area contributed by atoms with Gasteiger partial charge in [0.25, 0.3) is 0 Å². The van der Waals surface area contributed by atoms with Crippen molar-refractivity contribution in [2.24, 2.45) is 5.92 Å². The van der Waals surface area contributed by atoms with Crippen LogP contribution in [0.25, 0.3) is 0 Å². The van der Waals surface area contributed by atoms with E-state index in [0.29, 0.717) is 12.8 Å². The molecular weight excluding hydrogens is 226 g/mol. The molecule has 16 heavy (non-hydrogen) atoms. The summed E-state index contributed by atoms with van der Waals surface area (Å²) in [5.74, 6) is 0.188. The number of carboxylic acid groups (broad SMARTS) is 1. The highest BCUT2D eigenvalue weighted by Crippen LogP contribution is 2.29. The summed E-state index contributed by atoms with van der Waals surface area (Å²) in [4.78, 5) is 22.6. The second kappa shape index (κ2) is 5.08. The highest BCUT2D eigenvalue weighted by atomic mass is 32.2. The molecule has 2 N–H and O–H groups in total. The van der Waals surface area contributed by atoms with Crippen molar-refractivity contribution < 1.29 is 14.7 Å². The Bertz CT molecular complexity index is 289. The van der Waals surface area contributed by atoms with E-state index in [4.69, 9.17) is 5.11 Å². The molecule has 2 aliphatic rings. The minimum Gasteiger partial charge on any atom is -0.481 e. The zero-order chi connectivity index (χ0) is 11.5. The van der Waals surface area contributed by atoms with Crippen molar-refractivity contribution in [2.75, 3.05) is 5.75 Å². The summed E-state index contributed by atoms with van der Waals surface area (Å²) in [6.07, 6.45) is 4.17. The number of carboxylic acids is 1. The predicted octanol–water partition coefficient (Wildman–Crippen LogP) is 1.25. The molecule has 3 unspecified atom stereocenters. The summed E-state index contributed by atoms with van der Waals surface area (Å²) < 4.78 is 0. The largest absolute Gasteiger partial charge is 0.481 e. The van der Waals surface area contributed by atoms with Gasteiger partial charge in [0.05, 0.1) is 11.2 Å². The fraction of sp³-hybridized carbons (Fsp3) is 0.818. The van der Waals surface area contributed by atoms with E-state index in [9.17, 15) is 9.59 Å². The Labute approximate surface area is 99.2 Å². The van der Waals surface area contributed by atoms with Gasteiger partial charge in [0, 0.05) is 6.04 Å². The Hall–Kier alpha value is -0.710. The standard InChI is InChI=1S/C11H17NO3S/c13-10(9-2-1-5-16-9)12-8-4-3-7(6-8)11(14)15/h7-9H,1-6H2,(H,12,13)(H,14,15). The average Bonchev–Trinajstić information content (AvgIpc) is 2.87. The molecule has 0 aromatic carbocycles. The molecule has 0 bridgehead atoms. The molecule has 2 fully saturated rings. The molecule has 5 heteroatoms. The van der Waals surface area contributed by atoms with Gasteiger partial charge in [-0.1, -0.05) is 0 Å². The van der Waals surface area contributed by atoms with Gasteiger partial charge in [-0.25, -0.2) is 0 Å². The normalized spacial score (nSPS) is 33.9. The predicted molar refractivity (Wildman–Crippen MR) is 62.4 cm³/mol. The molecule has 0 radical (unpaired) electrons. The van der Waals surface area contributed by atoms with Crippen LogP contribution in [0.3, 0.4) is 0 Å². The fourth-order valence-corrected chi connectivity index (χ4v) is 3.59. The lowest BCUT2D eigenvalue weighted by Crippen LogP contribution is -2.38. The maximum Gasteiger partial charge on any atom is 0.306 e. The van der Waals surface area contributed by atoms with E-state index in [-0.39, 0.29) is 23.1 Å². The van der Waals surface area contributed by atoms with E-state index in [2.05, 4.69) is 5.32 Å². The van der Waals surface area contributed by atoms with Crippen LogP contribution in [-0.2, 0) is 9.59 Å². The first-order chi connectivity index (χ1) is 7.66. The molecule has 2 rings (SSSR count). The van der Waals surface area contributed by atoms with Gasteiger partial charge >= 0.3 is 5.97 Å². The number of rotatable bonds is 3. The zero-order valence-corrected chi connectivity index (χ0v) is 9.96. The topological polar surface area (TPSA) is 66.4 Å². The quantitative estimate of drug-likeness (QED) is 0.783. The molecule has 0 aromatic rings. The number of aliphatic carboxylic acids is 1. The van der Waals surface area contributed by atoms with E-state index in [1.165, 1.54) is 0 Å². The number of amides is 1. The number of hydrogen-bond donors (Lipinski definition) is 2. The van der Waals surface area contributed by atoms with Crippen LogP contribution in [0.2, 0.25) is 0 Å². The Balaban J connectivity index is 1.78. The number of carbonyl (C=O) groups excluding carboxylic acids is 1. The van der Waals surface area contributed by atoms with E-state index in [1.54, 1.807) is 11.8 Å². The summed E-state index contributed by atoms with van der Waals surface area (Å²) in [6, 6.07) is 0.0785. The van der Waals surface area contributed by atoms with Crippen LogP contribution in [0.1, 0.15) is 32.1 Å². The second-order valence-electron chi connectivity index (χ2n) is 4.56. The van der Waals surface area contributed by atoms with Gasteiger partial charge in [-0.05, 0) is 37.9 Å². The first-order valence-electron chi connectivity index (χ1n) is 5.81. The van der Waals surface area contributed by atoms with Crippen molar-refractivity contribution in [1.29, 1.82) is 0 Å². The van der Waals surface area contributed by atoms with Crippen LogP contribution in [0.4, 0.5) is 0 Å². The summed E-state index contributed by atoms with van der Waals surface area (Å²) in [7, 11) is 0. The first-order valence-corrected chi connectivity index (χ1v) is 6.86. The smallest absolute Gasteiger partial charge is 0.306 e. The van der Waals surface area contributed by atoms with Crippen molar-refractivity contribution >= 4 is 23.6 Å². The number of nitrogens with one attached hydrogen (secondary N) is 1. The Morgan fingerprint density at radius 1 is 1.25 bits per heavy atom. The Morgan fingerprint density at radius 3 is 2.62 bits per heavy atom. The zero-order valence-electron chi connectivity index (χ0n) is 9.15. The van der Waals surface area contributed by atoms with Gasteiger partial charge < -0.3 is 10.4 Å². The minimum atomic E-state index is -0.730. The van der Waals surface area contributed by atoms with Gasteiger partial charge in [0.15, 0.2) is 0 Å². The highest BCUT2D eigenvalue weighted by Gasteiger charge is 2.32. The Kier molecular flexibility index (Phi) is 3.74. The second-order valence-corrected chi connectivity index (χ2v) is 5.87. The fourth-order valence-electron chi connectivity index (χ4n) is 2.42. The molecule has 90 valence electrons. The van der Waals surface area contributed by atoms with Crippen molar-refractivity contribution in [2.45, 2.75) is 43.4 Å². The number of carbonyl (C=O) groups is 2. The molecule has 1 aliphatic heterocycles. The molecule has 1 amide bonds. The van der Waals surface area contributed by atoms with Gasteiger partial charge in [-0.15, -0.1) is 11.8 Å². The van der Waals surface area contributed by atoms with E-state index < -0.39 is 5.97 Å². The molecule has 4 nitrogen and oxygen atoms in total. The third-order valence-corrected chi connectivity index (χ3v) is 4.73. The van der Waals surface area contributed by atoms with Crippen LogP contribution in [-0.4, -0.2) is 34.0 Å². The van der Waals surface area contributed by atoms with Gasteiger partial charge in [0.2, 0.25) is 5.91 Å². The molecule has 1 saturated carbocycles. The summed E-state index contributed by atoms with van der Waals surface area (Å²) in [5, 5.41) is 11.9. The molecule has 0 aromatic heterocycles. The molecule has 0 spiro atoms. The number of thioether (sulfide) groups is 1. The monoisotopic (exact) mass is 243 g/mol. The number of hydrogen-bond acceptors (Lipinski definition) is 3. The van der Waals surface area contributed by atoms with Crippen LogP contribution >= 0.6 is 11.8 Å². The van der Waals surface area contributed by atoms with Crippen LogP contribution in [0.15, 0.2) is 0 Å². The molecule has 1 aliphatic carbocycles. The first kappa shape index (κ1) is 11.8.